The number of hydrogen-bond donors (Lipinski definition) is 0. The molecule has 1 aliphatic heterocycles. The van der Waals surface area contributed by atoms with Crippen LogP contribution in [0.25, 0.3) is 6.08 Å². The third-order valence-corrected chi connectivity index (χ3v) is 8.00. The molecule has 0 spiro atoms. The lowest BCUT2D eigenvalue weighted by Gasteiger charge is -2.25. The van der Waals surface area contributed by atoms with Gasteiger partial charge in [-0.3, -0.25) is 9.36 Å². The van der Waals surface area contributed by atoms with Crippen molar-refractivity contribution in [3.63, 3.8) is 0 Å². The normalized spacial score (nSPS) is 16.0. The molecular formula is C24H20Br2N2O3S. The van der Waals surface area contributed by atoms with Crippen molar-refractivity contribution in [2.24, 2.45) is 4.99 Å². The van der Waals surface area contributed by atoms with Crippen LogP contribution in [0.1, 0.15) is 36.1 Å². The number of esters is 1. The van der Waals surface area contributed by atoms with Gasteiger partial charge in [-0.1, -0.05) is 80.5 Å². The topological polar surface area (TPSA) is 60.7 Å². The van der Waals surface area contributed by atoms with Crippen LogP contribution in [0.2, 0.25) is 0 Å². The fraction of sp³-hybridized carbons (Fsp3) is 0.208. The molecule has 0 radical (unpaired) electrons. The summed E-state index contributed by atoms with van der Waals surface area (Å²) in [5, 5.41) is 0. The number of methoxy groups -OCH3 is 1. The number of aromatic nitrogens is 1. The number of benzene rings is 2. The standard InChI is InChI=1S/C24H20Br2N2O3S/c1-4-18-20(23(30)31-3)21(15-8-6-5-7-9-15)28-22(29)19(32-24(28)27-18)12-14-10-16(25)13(2)17(26)11-14/h5-12,21H,4H2,1-3H3/b19-12+/t21-/m1/s1. The zero-order chi connectivity index (χ0) is 23.0. The van der Waals surface area contributed by atoms with E-state index >= 15 is 0 Å². The lowest BCUT2D eigenvalue weighted by Crippen LogP contribution is -2.40. The number of carbonyl (C=O) groups is 1. The van der Waals surface area contributed by atoms with Crippen molar-refractivity contribution in [3.8, 4) is 0 Å². The van der Waals surface area contributed by atoms with Gasteiger partial charge in [-0.2, -0.15) is 0 Å². The monoisotopic (exact) mass is 574 g/mol. The Morgan fingerprint density at radius 1 is 1.22 bits per heavy atom. The minimum absolute atomic E-state index is 0.188. The van der Waals surface area contributed by atoms with Crippen LogP contribution in [0.4, 0.5) is 0 Å². The zero-order valence-corrected chi connectivity index (χ0v) is 21.7. The second-order valence-electron chi connectivity index (χ2n) is 7.31. The summed E-state index contributed by atoms with van der Waals surface area (Å²) >= 11 is 8.46. The highest BCUT2D eigenvalue weighted by molar-refractivity contribution is 9.11. The Balaban J connectivity index is 2.00. The Morgan fingerprint density at radius 3 is 2.47 bits per heavy atom. The van der Waals surface area contributed by atoms with Crippen molar-refractivity contribution in [2.45, 2.75) is 26.3 Å². The molecule has 2 heterocycles. The predicted molar refractivity (Wildman–Crippen MR) is 133 cm³/mol. The van der Waals surface area contributed by atoms with Gasteiger partial charge in [0.1, 0.15) is 0 Å². The molecule has 0 aliphatic carbocycles. The molecule has 2 aromatic carbocycles. The van der Waals surface area contributed by atoms with Crippen LogP contribution in [0.3, 0.4) is 0 Å². The lowest BCUT2D eigenvalue weighted by molar-refractivity contribution is -0.136. The first-order valence-electron chi connectivity index (χ1n) is 9.99. The van der Waals surface area contributed by atoms with Crippen LogP contribution >= 0.6 is 43.2 Å². The SMILES string of the molecule is CCC1=C(C(=O)OC)[C@@H](c2ccccc2)n2c(s/c(=C/c3cc(Br)c(C)c(Br)c3)c2=O)=N1. The molecule has 3 aromatic rings. The van der Waals surface area contributed by atoms with Crippen molar-refractivity contribution < 1.29 is 9.53 Å². The molecule has 0 fully saturated rings. The summed E-state index contributed by atoms with van der Waals surface area (Å²) in [7, 11) is 1.35. The summed E-state index contributed by atoms with van der Waals surface area (Å²) in [5.74, 6) is -0.472. The molecule has 32 heavy (non-hydrogen) atoms. The number of nitrogens with zero attached hydrogens (tertiary/aromatic N) is 2. The molecule has 0 bridgehead atoms. The number of carbonyl (C=O) groups excluding carboxylic acids is 1. The first-order chi connectivity index (χ1) is 15.3. The molecule has 1 aliphatic rings. The molecule has 164 valence electrons. The number of thiazole rings is 1. The van der Waals surface area contributed by atoms with E-state index in [4.69, 9.17) is 4.74 Å². The minimum atomic E-state index is -0.589. The van der Waals surface area contributed by atoms with E-state index in [1.807, 2.05) is 62.4 Å². The van der Waals surface area contributed by atoms with Crippen LogP contribution in [0.15, 0.2) is 72.5 Å². The summed E-state index contributed by atoms with van der Waals surface area (Å²) in [6, 6.07) is 12.9. The summed E-state index contributed by atoms with van der Waals surface area (Å²) in [6.45, 7) is 3.95. The van der Waals surface area contributed by atoms with Gasteiger partial charge >= 0.3 is 5.97 Å². The van der Waals surface area contributed by atoms with Gasteiger partial charge in [0.25, 0.3) is 5.56 Å². The van der Waals surface area contributed by atoms with Crippen molar-refractivity contribution in [2.75, 3.05) is 7.11 Å². The molecule has 0 N–H and O–H groups in total. The van der Waals surface area contributed by atoms with Gasteiger partial charge in [-0.15, -0.1) is 0 Å². The molecule has 5 nitrogen and oxygen atoms in total. The highest BCUT2D eigenvalue weighted by atomic mass is 79.9. The Hall–Kier alpha value is -2.29. The summed E-state index contributed by atoms with van der Waals surface area (Å²) in [5.41, 5.74) is 3.66. The zero-order valence-electron chi connectivity index (χ0n) is 17.7. The second-order valence-corrected chi connectivity index (χ2v) is 10.0. The summed E-state index contributed by atoms with van der Waals surface area (Å²) in [4.78, 5) is 31.6. The van der Waals surface area contributed by atoms with E-state index in [1.54, 1.807) is 4.57 Å². The molecule has 8 heteroatoms. The minimum Gasteiger partial charge on any atom is -0.466 e. The number of rotatable bonds is 4. The van der Waals surface area contributed by atoms with E-state index in [2.05, 4.69) is 36.9 Å². The highest BCUT2D eigenvalue weighted by Crippen LogP contribution is 2.32. The number of ether oxygens (including phenoxy) is 1. The fourth-order valence-electron chi connectivity index (χ4n) is 3.71. The maximum absolute atomic E-state index is 13.6. The van der Waals surface area contributed by atoms with E-state index in [0.29, 0.717) is 27.0 Å². The number of hydrogen-bond acceptors (Lipinski definition) is 5. The van der Waals surface area contributed by atoms with E-state index < -0.39 is 12.0 Å². The fourth-order valence-corrected chi connectivity index (χ4v) is 5.96. The third-order valence-electron chi connectivity index (χ3n) is 5.37. The summed E-state index contributed by atoms with van der Waals surface area (Å²) < 4.78 is 9.14. The first kappa shape index (κ1) is 22.9. The lowest BCUT2D eigenvalue weighted by atomic mass is 9.95. The maximum Gasteiger partial charge on any atom is 0.338 e. The van der Waals surface area contributed by atoms with E-state index in [-0.39, 0.29) is 5.56 Å². The molecule has 4 rings (SSSR count). The smallest absolute Gasteiger partial charge is 0.338 e. The van der Waals surface area contributed by atoms with Gasteiger partial charge in [0.15, 0.2) is 4.80 Å². The Morgan fingerprint density at radius 2 is 1.88 bits per heavy atom. The summed E-state index contributed by atoms with van der Waals surface area (Å²) in [6.07, 6.45) is 2.41. The predicted octanol–water partition coefficient (Wildman–Crippen LogP) is 4.63. The Labute approximate surface area is 206 Å². The second kappa shape index (κ2) is 9.29. The Bertz CT molecular complexity index is 1400. The van der Waals surface area contributed by atoms with E-state index in [1.165, 1.54) is 18.4 Å². The van der Waals surface area contributed by atoms with Gasteiger partial charge < -0.3 is 4.74 Å². The number of fused-ring (bicyclic) bond motifs is 1. The highest BCUT2D eigenvalue weighted by Gasteiger charge is 2.33. The van der Waals surface area contributed by atoms with E-state index in [9.17, 15) is 9.59 Å². The van der Waals surface area contributed by atoms with Gasteiger partial charge in [-0.25, -0.2) is 9.79 Å². The molecule has 0 unspecified atom stereocenters. The van der Waals surface area contributed by atoms with Gasteiger partial charge in [0.2, 0.25) is 0 Å². The molecule has 1 aromatic heterocycles. The van der Waals surface area contributed by atoms with Gasteiger partial charge in [0.05, 0.1) is 29.0 Å². The average Bonchev–Trinajstić information content (AvgIpc) is 3.10. The molecular weight excluding hydrogens is 556 g/mol. The van der Waals surface area contributed by atoms with Crippen LogP contribution in [-0.2, 0) is 9.53 Å². The van der Waals surface area contributed by atoms with Gasteiger partial charge in [0, 0.05) is 8.95 Å². The largest absolute Gasteiger partial charge is 0.466 e. The third kappa shape index (κ3) is 4.07. The van der Waals surface area contributed by atoms with E-state index in [0.717, 1.165) is 25.6 Å². The average molecular weight is 576 g/mol. The maximum atomic E-state index is 13.6. The van der Waals surface area contributed by atoms with Crippen LogP contribution in [0, 0.1) is 6.92 Å². The molecule has 0 amide bonds. The van der Waals surface area contributed by atoms with Gasteiger partial charge in [-0.05, 0) is 48.2 Å². The van der Waals surface area contributed by atoms with Crippen molar-refractivity contribution in [1.29, 1.82) is 0 Å². The van der Waals surface area contributed by atoms with Crippen molar-refractivity contribution >= 4 is 55.2 Å². The molecule has 1 atom stereocenters. The Kier molecular flexibility index (Phi) is 6.65. The number of halogens is 2. The van der Waals surface area contributed by atoms with Crippen molar-refractivity contribution in [1.82, 2.24) is 4.57 Å². The first-order valence-corrected chi connectivity index (χ1v) is 12.4. The van der Waals surface area contributed by atoms with Crippen LogP contribution in [-0.4, -0.2) is 17.6 Å². The quantitative estimate of drug-likeness (QED) is 0.426. The van der Waals surface area contributed by atoms with Crippen LogP contribution < -0.4 is 14.9 Å². The van der Waals surface area contributed by atoms with Crippen LogP contribution in [0.5, 0.6) is 0 Å². The number of allylic oxidation sites excluding steroid dienone is 1. The molecule has 0 saturated carbocycles. The molecule has 0 saturated heterocycles. The van der Waals surface area contributed by atoms with Crippen molar-refractivity contribution in [3.05, 3.63) is 99.1 Å².